The molecule has 0 aliphatic carbocycles. The Morgan fingerprint density at radius 3 is 2.66 bits per heavy atom. The summed E-state index contributed by atoms with van der Waals surface area (Å²) < 4.78 is 5.45. The second kappa shape index (κ2) is 8.78. The van der Waals surface area contributed by atoms with Crippen LogP contribution in [0.3, 0.4) is 0 Å². The van der Waals surface area contributed by atoms with Gasteiger partial charge in [0.25, 0.3) is 0 Å². The number of thiophene rings is 1. The third kappa shape index (κ3) is 4.34. The smallest absolute Gasteiger partial charge is 0.227 e. The average Bonchev–Trinajstić information content (AvgIpc) is 3.19. The second-order valence-corrected chi connectivity index (χ2v) is 8.31. The van der Waals surface area contributed by atoms with Gasteiger partial charge in [-0.2, -0.15) is 0 Å². The zero-order chi connectivity index (χ0) is 20.2. The fourth-order valence-corrected chi connectivity index (χ4v) is 4.65. The van der Waals surface area contributed by atoms with Crippen LogP contribution in [0, 0.1) is 5.92 Å². The second-order valence-electron chi connectivity index (χ2n) is 7.19. The third-order valence-electron chi connectivity index (χ3n) is 5.31. The lowest BCUT2D eigenvalue weighted by molar-refractivity contribution is -0.120. The number of anilines is 2. The van der Waals surface area contributed by atoms with Crippen molar-refractivity contribution in [1.82, 2.24) is 9.97 Å². The summed E-state index contributed by atoms with van der Waals surface area (Å²) in [6.45, 7) is 6.39. The molecule has 2 aromatic heterocycles. The van der Waals surface area contributed by atoms with Crippen LogP contribution < -0.4 is 15.0 Å². The van der Waals surface area contributed by atoms with Crippen molar-refractivity contribution >= 4 is 39.0 Å². The lowest BCUT2D eigenvalue weighted by atomic mass is 9.95. The van der Waals surface area contributed by atoms with Gasteiger partial charge in [-0.1, -0.05) is 6.92 Å². The van der Waals surface area contributed by atoms with Gasteiger partial charge in [0.05, 0.1) is 12.0 Å². The summed E-state index contributed by atoms with van der Waals surface area (Å²) >= 11 is 1.74. The summed E-state index contributed by atoms with van der Waals surface area (Å²) in [6, 6.07) is 9.75. The Kier molecular flexibility index (Phi) is 5.94. The Labute approximate surface area is 174 Å². The molecule has 1 aromatic carbocycles. The van der Waals surface area contributed by atoms with Gasteiger partial charge < -0.3 is 15.0 Å². The van der Waals surface area contributed by atoms with Crippen LogP contribution in [-0.2, 0) is 11.2 Å². The molecule has 1 aliphatic heterocycles. The van der Waals surface area contributed by atoms with Crippen LogP contribution in [0.1, 0.15) is 31.6 Å². The quantitative estimate of drug-likeness (QED) is 0.648. The Bertz CT molecular complexity index is 978. The molecule has 4 rings (SSSR count). The van der Waals surface area contributed by atoms with Crippen LogP contribution in [0.25, 0.3) is 10.2 Å². The van der Waals surface area contributed by atoms with Gasteiger partial charge in [0, 0.05) is 29.6 Å². The molecule has 1 N–H and O–H groups in total. The number of carbonyl (C=O) groups excluding carboxylic acids is 1. The molecule has 3 heterocycles. The first kappa shape index (κ1) is 19.6. The predicted molar refractivity (Wildman–Crippen MR) is 118 cm³/mol. The van der Waals surface area contributed by atoms with Gasteiger partial charge in [-0.05, 0) is 56.5 Å². The van der Waals surface area contributed by atoms with Crippen molar-refractivity contribution in [1.29, 1.82) is 0 Å². The van der Waals surface area contributed by atoms with E-state index in [1.165, 1.54) is 4.88 Å². The number of nitrogens with zero attached hydrogens (tertiary/aromatic N) is 3. The highest BCUT2D eigenvalue weighted by Gasteiger charge is 2.27. The molecule has 1 fully saturated rings. The zero-order valence-corrected chi connectivity index (χ0v) is 17.7. The molecule has 29 heavy (non-hydrogen) atoms. The fourth-order valence-electron chi connectivity index (χ4n) is 3.72. The molecule has 6 nitrogen and oxygen atoms in total. The van der Waals surface area contributed by atoms with Crippen LogP contribution in [0.15, 0.2) is 36.7 Å². The van der Waals surface area contributed by atoms with E-state index >= 15 is 0 Å². The standard InChI is InChI=1S/C22H26N4O2S/c1-3-18-13-19-20(23-14-24-22(19)29-18)26-11-9-15(10-12-26)21(27)25-16-5-7-17(8-6-16)28-4-2/h5-8,13-15H,3-4,9-12H2,1-2H3,(H,25,27). The van der Waals surface area contributed by atoms with Crippen molar-refractivity contribution in [3.8, 4) is 5.75 Å². The van der Waals surface area contributed by atoms with Crippen molar-refractivity contribution in [3.05, 3.63) is 41.5 Å². The number of amides is 1. The van der Waals surface area contributed by atoms with E-state index in [0.29, 0.717) is 6.61 Å². The van der Waals surface area contributed by atoms with E-state index in [9.17, 15) is 4.79 Å². The summed E-state index contributed by atoms with van der Waals surface area (Å²) in [5.41, 5.74) is 0.809. The number of ether oxygens (including phenoxy) is 1. The van der Waals surface area contributed by atoms with Gasteiger partial charge in [0.15, 0.2) is 0 Å². The van der Waals surface area contributed by atoms with Gasteiger partial charge in [0.2, 0.25) is 5.91 Å². The Hall–Kier alpha value is -2.67. The first-order chi connectivity index (χ1) is 14.2. The van der Waals surface area contributed by atoms with E-state index in [-0.39, 0.29) is 11.8 Å². The average molecular weight is 411 g/mol. The van der Waals surface area contributed by atoms with E-state index in [0.717, 1.165) is 59.8 Å². The molecule has 7 heteroatoms. The lowest BCUT2D eigenvalue weighted by Crippen LogP contribution is -2.38. The van der Waals surface area contributed by atoms with Crippen molar-refractivity contribution in [3.63, 3.8) is 0 Å². The van der Waals surface area contributed by atoms with Gasteiger partial charge >= 0.3 is 0 Å². The molecule has 0 spiro atoms. The summed E-state index contributed by atoms with van der Waals surface area (Å²) in [5, 5.41) is 4.17. The first-order valence-corrected chi connectivity index (χ1v) is 11.0. The molecule has 0 radical (unpaired) electrons. The van der Waals surface area contributed by atoms with Gasteiger partial charge in [-0.3, -0.25) is 4.79 Å². The van der Waals surface area contributed by atoms with Crippen LogP contribution >= 0.6 is 11.3 Å². The highest BCUT2D eigenvalue weighted by molar-refractivity contribution is 7.18. The largest absolute Gasteiger partial charge is 0.494 e. The number of hydrogen-bond donors (Lipinski definition) is 1. The zero-order valence-electron chi connectivity index (χ0n) is 16.9. The molecular weight excluding hydrogens is 384 g/mol. The number of nitrogens with one attached hydrogen (secondary N) is 1. The first-order valence-electron chi connectivity index (χ1n) is 10.2. The molecule has 0 saturated carbocycles. The minimum absolute atomic E-state index is 0.0174. The molecule has 1 saturated heterocycles. The maximum atomic E-state index is 12.7. The minimum Gasteiger partial charge on any atom is -0.494 e. The molecule has 0 unspecified atom stereocenters. The van der Waals surface area contributed by atoms with E-state index in [1.54, 1.807) is 17.7 Å². The molecule has 152 valence electrons. The summed E-state index contributed by atoms with van der Waals surface area (Å²) in [7, 11) is 0. The number of benzene rings is 1. The molecule has 0 atom stereocenters. The van der Waals surface area contributed by atoms with Crippen molar-refractivity contribution in [2.24, 2.45) is 5.92 Å². The normalized spacial score (nSPS) is 14.9. The van der Waals surface area contributed by atoms with Crippen LogP contribution in [-0.4, -0.2) is 35.6 Å². The number of aryl methyl sites for hydroxylation is 1. The highest BCUT2D eigenvalue weighted by Crippen LogP contribution is 2.32. The van der Waals surface area contributed by atoms with Crippen molar-refractivity contribution in [2.75, 3.05) is 29.9 Å². The Morgan fingerprint density at radius 2 is 1.97 bits per heavy atom. The topological polar surface area (TPSA) is 67.3 Å². The number of carbonyl (C=O) groups is 1. The predicted octanol–water partition coefficient (Wildman–Crippen LogP) is 4.51. The third-order valence-corrected chi connectivity index (χ3v) is 6.49. The number of rotatable bonds is 6. The van der Waals surface area contributed by atoms with Gasteiger partial charge in [-0.15, -0.1) is 11.3 Å². The maximum absolute atomic E-state index is 12.7. The Balaban J connectivity index is 1.38. The molecule has 1 amide bonds. The van der Waals surface area contributed by atoms with Crippen molar-refractivity contribution in [2.45, 2.75) is 33.1 Å². The Morgan fingerprint density at radius 1 is 1.21 bits per heavy atom. The van der Waals surface area contributed by atoms with E-state index in [1.807, 2.05) is 31.2 Å². The molecule has 0 bridgehead atoms. The van der Waals surface area contributed by atoms with Gasteiger partial charge in [0.1, 0.15) is 22.7 Å². The van der Waals surface area contributed by atoms with Crippen molar-refractivity contribution < 1.29 is 9.53 Å². The maximum Gasteiger partial charge on any atom is 0.227 e. The fraction of sp³-hybridized carbons (Fsp3) is 0.409. The minimum atomic E-state index is 0.0174. The summed E-state index contributed by atoms with van der Waals surface area (Å²) in [4.78, 5) is 26.3. The summed E-state index contributed by atoms with van der Waals surface area (Å²) in [6.07, 6.45) is 4.30. The number of piperidine rings is 1. The van der Waals surface area contributed by atoms with E-state index < -0.39 is 0 Å². The van der Waals surface area contributed by atoms with E-state index in [4.69, 9.17) is 4.74 Å². The molecule has 3 aromatic rings. The van der Waals surface area contributed by atoms with Crippen LogP contribution in [0.4, 0.5) is 11.5 Å². The monoisotopic (exact) mass is 410 g/mol. The molecule has 1 aliphatic rings. The van der Waals surface area contributed by atoms with Crippen LogP contribution in [0.5, 0.6) is 5.75 Å². The lowest BCUT2D eigenvalue weighted by Gasteiger charge is -2.32. The number of fused-ring (bicyclic) bond motifs is 1. The summed E-state index contributed by atoms with van der Waals surface area (Å²) in [5.74, 6) is 1.92. The van der Waals surface area contributed by atoms with E-state index in [2.05, 4.69) is 33.2 Å². The number of hydrogen-bond acceptors (Lipinski definition) is 6. The number of aromatic nitrogens is 2. The molecular formula is C22H26N4O2S. The SMILES string of the molecule is CCOc1ccc(NC(=O)C2CCN(c3ncnc4sc(CC)cc34)CC2)cc1. The van der Waals surface area contributed by atoms with Crippen LogP contribution in [0.2, 0.25) is 0 Å². The van der Waals surface area contributed by atoms with Gasteiger partial charge in [-0.25, -0.2) is 9.97 Å². The highest BCUT2D eigenvalue weighted by atomic mass is 32.1.